The Hall–Kier alpha value is -4.87. The Morgan fingerprint density at radius 2 is 1.31 bits per heavy atom. The standard InChI is InChI=1S/C19H16N2O.C12H9NO/c1-3-15-11-12-20-17(13-15)9-10-18-14(2)22-21-19(18)16-7-5-4-6-8-16;1-3-11-9(2)14-13-12(11)10-7-5-4-6-8-10/h4-8,11-13H,3H2,1-2H3;1,4-8H,2H3. The first-order valence-corrected chi connectivity index (χ1v) is 11.6. The van der Waals surface area contributed by atoms with Gasteiger partial charge in [-0.15, -0.1) is 6.42 Å². The number of benzene rings is 2. The number of hydrogen-bond donors (Lipinski definition) is 0. The van der Waals surface area contributed by atoms with E-state index in [1.807, 2.05) is 86.6 Å². The van der Waals surface area contributed by atoms with E-state index < -0.39 is 0 Å². The van der Waals surface area contributed by atoms with Gasteiger partial charge in [0.15, 0.2) is 0 Å². The van der Waals surface area contributed by atoms with Crippen LogP contribution in [0.3, 0.4) is 0 Å². The Bertz CT molecular complexity index is 1550. The molecular formula is C31H25N3O2. The number of hydrogen-bond acceptors (Lipinski definition) is 5. The number of rotatable bonds is 3. The summed E-state index contributed by atoms with van der Waals surface area (Å²) in [5, 5.41) is 8.07. The molecule has 0 unspecified atom stereocenters. The zero-order chi connectivity index (χ0) is 25.3. The molecule has 0 aliphatic heterocycles. The molecule has 36 heavy (non-hydrogen) atoms. The summed E-state index contributed by atoms with van der Waals surface area (Å²) in [7, 11) is 0. The summed E-state index contributed by atoms with van der Waals surface area (Å²) in [6.45, 7) is 5.80. The SMILES string of the molecule is C#Cc1c(-c2ccccc2)noc1C.CCc1ccnc(C#Cc2c(-c3ccccc3)noc2C)c1. The van der Waals surface area contributed by atoms with Gasteiger partial charge in [-0.05, 0) is 43.9 Å². The minimum Gasteiger partial charge on any atom is -0.360 e. The fourth-order valence-electron chi connectivity index (χ4n) is 3.54. The predicted molar refractivity (Wildman–Crippen MR) is 141 cm³/mol. The van der Waals surface area contributed by atoms with Crippen molar-refractivity contribution in [2.24, 2.45) is 0 Å². The van der Waals surface area contributed by atoms with Crippen molar-refractivity contribution in [3.05, 3.63) is 113 Å². The summed E-state index contributed by atoms with van der Waals surface area (Å²) in [5.74, 6) is 10.3. The van der Waals surface area contributed by atoms with Gasteiger partial charge in [-0.3, -0.25) is 0 Å². The van der Waals surface area contributed by atoms with E-state index in [4.69, 9.17) is 15.5 Å². The number of terminal acetylenes is 1. The van der Waals surface area contributed by atoms with Gasteiger partial charge in [-0.25, -0.2) is 4.98 Å². The largest absolute Gasteiger partial charge is 0.360 e. The van der Waals surface area contributed by atoms with E-state index in [2.05, 4.69) is 40.0 Å². The molecule has 176 valence electrons. The molecule has 0 saturated carbocycles. The van der Waals surface area contributed by atoms with E-state index in [1.54, 1.807) is 6.20 Å². The van der Waals surface area contributed by atoms with Crippen molar-refractivity contribution in [2.45, 2.75) is 27.2 Å². The quantitative estimate of drug-likeness (QED) is 0.276. The van der Waals surface area contributed by atoms with Crippen LogP contribution in [0.15, 0.2) is 88.0 Å². The van der Waals surface area contributed by atoms with E-state index in [1.165, 1.54) is 5.56 Å². The zero-order valence-electron chi connectivity index (χ0n) is 20.4. The molecule has 5 nitrogen and oxygen atoms in total. The molecule has 0 bridgehead atoms. The molecule has 0 amide bonds. The molecule has 0 saturated heterocycles. The van der Waals surface area contributed by atoms with E-state index in [0.29, 0.717) is 5.76 Å². The lowest BCUT2D eigenvalue weighted by Gasteiger charge is -1.96. The minimum atomic E-state index is 0.686. The topological polar surface area (TPSA) is 65.0 Å². The van der Waals surface area contributed by atoms with Gasteiger partial charge in [-0.2, -0.15) is 0 Å². The van der Waals surface area contributed by atoms with Crippen LogP contribution >= 0.6 is 0 Å². The second-order valence-electron chi connectivity index (χ2n) is 7.95. The molecule has 0 aliphatic rings. The van der Waals surface area contributed by atoms with Gasteiger partial charge in [0.1, 0.15) is 28.6 Å². The number of aromatic nitrogens is 3. The molecule has 5 aromatic rings. The van der Waals surface area contributed by atoms with Crippen LogP contribution in [-0.4, -0.2) is 15.3 Å². The Balaban J connectivity index is 0.000000187. The molecule has 0 spiro atoms. The third-order valence-corrected chi connectivity index (χ3v) is 5.51. The fraction of sp³-hybridized carbons (Fsp3) is 0.129. The van der Waals surface area contributed by atoms with E-state index >= 15 is 0 Å². The third-order valence-electron chi connectivity index (χ3n) is 5.51. The highest BCUT2D eigenvalue weighted by Gasteiger charge is 2.13. The molecule has 0 fully saturated rings. The summed E-state index contributed by atoms with van der Waals surface area (Å²) in [6.07, 6.45) is 8.15. The highest BCUT2D eigenvalue weighted by molar-refractivity contribution is 5.68. The predicted octanol–water partition coefficient (Wildman–Crippen LogP) is 6.64. The number of pyridine rings is 1. The van der Waals surface area contributed by atoms with Crippen LogP contribution in [0.4, 0.5) is 0 Å². The van der Waals surface area contributed by atoms with Crippen molar-refractivity contribution in [1.29, 1.82) is 0 Å². The van der Waals surface area contributed by atoms with Gasteiger partial charge < -0.3 is 9.05 Å². The summed E-state index contributed by atoms with van der Waals surface area (Å²) in [6, 6.07) is 23.7. The lowest BCUT2D eigenvalue weighted by Crippen LogP contribution is -1.87. The molecule has 0 aliphatic carbocycles. The van der Waals surface area contributed by atoms with Crippen LogP contribution in [0.1, 0.15) is 40.8 Å². The van der Waals surface area contributed by atoms with Gasteiger partial charge in [0, 0.05) is 17.3 Å². The molecule has 0 atom stereocenters. The first kappa shape index (κ1) is 24.3. The third kappa shape index (κ3) is 5.60. The van der Waals surface area contributed by atoms with Crippen LogP contribution in [-0.2, 0) is 6.42 Å². The van der Waals surface area contributed by atoms with Crippen LogP contribution < -0.4 is 0 Å². The molecular weight excluding hydrogens is 446 g/mol. The van der Waals surface area contributed by atoms with Crippen LogP contribution in [0, 0.1) is 38.0 Å². The van der Waals surface area contributed by atoms with Crippen molar-refractivity contribution in [1.82, 2.24) is 15.3 Å². The van der Waals surface area contributed by atoms with Crippen LogP contribution in [0.25, 0.3) is 22.5 Å². The molecule has 0 radical (unpaired) electrons. The van der Waals surface area contributed by atoms with Gasteiger partial charge in [-0.1, -0.05) is 89.7 Å². The van der Waals surface area contributed by atoms with Gasteiger partial charge in [0.25, 0.3) is 0 Å². The number of aryl methyl sites for hydroxylation is 3. The lowest BCUT2D eigenvalue weighted by atomic mass is 10.1. The van der Waals surface area contributed by atoms with Crippen molar-refractivity contribution < 1.29 is 9.05 Å². The van der Waals surface area contributed by atoms with Crippen molar-refractivity contribution >= 4 is 0 Å². The highest BCUT2D eigenvalue weighted by Crippen LogP contribution is 2.25. The van der Waals surface area contributed by atoms with Gasteiger partial charge in [0.05, 0.1) is 11.1 Å². The van der Waals surface area contributed by atoms with Crippen LogP contribution in [0.2, 0.25) is 0 Å². The molecule has 0 N–H and O–H groups in total. The average molecular weight is 472 g/mol. The van der Waals surface area contributed by atoms with E-state index in [0.717, 1.165) is 51.5 Å². The average Bonchev–Trinajstić information content (AvgIpc) is 3.50. The highest BCUT2D eigenvalue weighted by atomic mass is 16.5. The van der Waals surface area contributed by atoms with E-state index in [9.17, 15) is 0 Å². The summed E-state index contributed by atoms with van der Waals surface area (Å²) in [5.41, 5.74) is 7.04. The molecule has 3 aromatic heterocycles. The van der Waals surface area contributed by atoms with E-state index in [-0.39, 0.29) is 0 Å². The van der Waals surface area contributed by atoms with Crippen molar-refractivity contribution in [2.75, 3.05) is 0 Å². The Labute approximate surface area is 211 Å². The first-order chi connectivity index (χ1) is 17.6. The van der Waals surface area contributed by atoms with Crippen molar-refractivity contribution in [3.63, 3.8) is 0 Å². The molecule has 3 heterocycles. The van der Waals surface area contributed by atoms with Gasteiger partial charge >= 0.3 is 0 Å². The zero-order valence-corrected chi connectivity index (χ0v) is 20.4. The molecule has 5 rings (SSSR count). The monoisotopic (exact) mass is 471 g/mol. The second kappa shape index (κ2) is 11.5. The maximum Gasteiger partial charge on any atom is 0.149 e. The fourth-order valence-corrected chi connectivity index (χ4v) is 3.54. The Morgan fingerprint density at radius 3 is 1.86 bits per heavy atom. The number of nitrogens with zero attached hydrogens (tertiary/aromatic N) is 3. The maximum atomic E-state index is 5.38. The summed E-state index contributed by atoms with van der Waals surface area (Å²) in [4.78, 5) is 4.29. The Kier molecular flexibility index (Phi) is 7.76. The lowest BCUT2D eigenvalue weighted by molar-refractivity contribution is 0.399. The smallest absolute Gasteiger partial charge is 0.149 e. The molecule has 5 heteroatoms. The second-order valence-corrected chi connectivity index (χ2v) is 7.95. The summed E-state index contributed by atoms with van der Waals surface area (Å²) >= 11 is 0. The minimum absolute atomic E-state index is 0.686. The maximum absolute atomic E-state index is 5.38. The Morgan fingerprint density at radius 1 is 0.750 bits per heavy atom. The van der Waals surface area contributed by atoms with Crippen molar-refractivity contribution in [3.8, 4) is 46.7 Å². The first-order valence-electron chi connectivity index (χ1n) is 11.6. The normalized spacial score (nSPS) is 9.94. The molecule has 2 aromatic carbocycles. The van der Waals surface area contributed by atoms with Gasteiger partial charge in [0.2, 0.25) is 0 Å². The van der Waals surface area contributed by atoms with Crippen LogP contribution in [0.5, 0.6) is 0 Å². The summed E-state index contributed by atoms with van der Waals surface area (Å²) < 4.78 is 10.4.